The molecule has 1 saturated heterocycles. The van der Waals surface area contributed by atoms with Gasteiger partial charge < -0.3 is 5.32 Å². The van der Waals surface area contributed by atoms with Crippen LogP contribution in [0.1, 0.15) is 47.2 Å². The van der Waals surface area contributed by atoms with Crippen molar-refractivity contribution in [1.82, 2.24) is 10.6 Å². The van der Waals surface area contributed by atoms with Gasteiger partial charge in [0.25, 0.3) is 5.91 Å². The average molecular weight is 286 g/mol. The Morgan fingerprint density at radius 3 is 2.76 bits per heavy atom. The first-order valence-electron chi connectivity index (χ1n) is 7.40. The van der Waals surface area contributed by atoms with Gasteiger partial charge >= 0.3 is 0 Å². The Morgan fingerprint density at radius 1 is 1.14 bits per heavy atom. The van der Waals surface area contributed by atoms with Gasteiger partial charge in [0.2, 0.25) is 11.8 Å². The van der Waals surface area contributed by atoms with E-state index in [0.717, 1.165) is 31.2 Å². The maximum atomic E-state index is 12.4. The number of piperidine rings is 1. The number of imide groups is 1. The van der Waals surface area contributed by atoms with Gasteiger partial charge in [-0.05, 0) is 49.3 Å². The van der Waals surface area contributed by atoms with Crippen molar-refractivity contribution in [2.75, 3.05) is 0 Å². The molecule has 1 fully saturated rings. The number of hydrogen-bond acceptors (Lipinski definition) is 3. The molecule has 5 heteroatoms. The molecule has 1 aliphatic heterocycles. The van der Waals surface area contributed by atoms with Gasteiger partial charge in [-0.3, -0.25) is 19.7 Å². The van der Waals surface area contributed by atoms with Crippen molar-refractivity contribution >= 4 is 17.7 Å². The van der Waals surface area contributed by atoms with Crippen LogP contribution in [0.3, 0.4) is 0 Å². The fourth-order valence-corrected chi connectivity index (χ4v) is 3.06. The molecule has 2 N–H and O–H groups in total. The highest BCUT2D eigenvalue weighted by Crippen LogP contribution is 2.24. The van der Waals surface area contributed by atoms with Gasteiger partial charge in [-0.15, -0.1) is 0 Å². The van der Waals surface area contributed by atoms with E-state index in [4.69, 9.17) is 0 Å². The highest BCUT2D eigenvalue weighted by Gasteiger charge is 2.29. The van der Waals surface area contributed by atoms with Crippen LogP contribution in [0.15, 0.2) is 18.2 Å². The van der Waals surface area contributed by atoms with E-state index in [1.54, 1.807) is 0 Å². The molecule has 5 nitrogen and oxygen atoms in total. The van der Waals surface area contributed by atoms with E-state index in [1.165, 1.54) is 5.56 Å². The molecule has 2 aliphatic rings. The highest BCUT2D eigenvalue weighted by molar-refractivity contribution is 6.04. The van der Waals surface area contributed by atoms with Crippen LogP contribution in [0.5, 0.6) is 0 Å². The summed E-state index contributed by atoms with van der Waals surface area (Å²) in [5.41, 5.74) is 3.00. The number of rotatable bonds is 2. The summed E-state index contributed by atoms with van der Waals surface area (Å²) in [6, 6.07) is 5.15. The predicted molar refractivity (Wildman–Crippen MR) is 76.7 cm³/mol. The van der Waals surface area contributed by atoms with Crippen LogP contribution in [-0.2, 0) is 22.4 Å². The van der Waals surface area contributed by atoms with Crippen LogP contribution in [-0.4, -0.2) is 23.8 Å². The third-order valence-electron chi connectivity index (χ3n) is 4.19. The molecule has 0 bridgehead atoms. The zero-order chi connectivity index (χ0) is 14.8. The minimum Gasteiger partial charge on any atom is -0.340 e. The van der Waals surface area contributed by atoms with Crippen molar-refractivity contribution in [3.63, 3.8) is 0 Å². The van der Waals surface area contributed by atoms with Gasteiger partial charge in [0, 0.05) is 12.0 Å². The zero-order valence-electron chi connectivity index (χ0n) is 11.8. The molecule has 0 saturated carbocycles. The van der Waals surface area contributed by atoms with E-state index in [9.17, 15) is 14.4 Å². The van der Waals surface area contributed by atoms with Crippen LogP contribution in [0.2, 0.25) is 0 Å². The van der Waals surface area contributed by atoms with Gasteiger partial charge in [-0.2, -0.15) is 0 Å². The lowest BCUT2D eigenvalue weighted by atomic mass is 9.88. The molecule has 110 valence electrons. The molecule has 3 amide bonds. The number of fused-ring (bicyclic) bond motifs is 1. The van der Waals surface area contributed by atoms with Crippen LogP contribution in [0.4, 0.5) is 0 Å². The summed E-state index contributed by atoms with van der Waals surface area (Å²) < 4.78 is 0. The standard InChI is InChI=1S/C16H18N2O3/c19-14-9-8-13(16(21)18-14)17-15(20)12-7-3-5-10-4-1-2-6-11(10)12/h3,5,7,13H,1-2,4,6,8-9H2,(H,17,20)(H,18,19,21)/t13-/m0/s1. The Kier molecular flexibility index (Phi) is 3.73. The quantitative estimate of drug-likeness (QED) is 0.799. The normalized spacial score (nSPS) is 21.4. The fourth-order valence-electron chi connectivity index (χ4n) is 3.06. The molecule has 1 aliphatic carbocycles. The maximum Gasteiger partial charge on any atom is 0.252 e. The molecular formula is C16H18N2O3. The molecule has 0 spiro atoms. The monoisotopic (exact) mass is 286 g/mol. The Morgan fingerprint density at radius 2 is 1.95 bits per heavy atom. The Balaban J connectivity index is 1.77. The summed E-state index contributed by atoms with van der Waals surface area (Å²) in [5, 5.41) is 5.01. The summed E-state index contributed by atoms with van der Waals surface area (Å²) in [6.45, 7) is 0. The van der Waals surface area contributed by atoms with Crippen molar-refractivity contribution in [2.24, 2.45) is 0 Å². The summed E-state index contributed by atoms with van der Waals surface area (Å²) in [4.78, 5) is 35.3. The van der Waals surface area contributed by atoms with Crippen LogP contribution >= 0.6 is 0 Å². The lowest BCUT2D eigenvalue weighted by molar-refractivity contribution is -0.134. The number of hydrogen-bond donors (Lipinski definition) is 2. The molecule has 21 heavy (non-hydrogen) atoms. The smallest absolute Gasteiger partial charge is 0.252 e. The van der Waals surface area contributed by atoms with Crippen LogP contribution in [0.25, 0.3) is 0 Å². The number of carbonyl (C=O) groups excluding carboxylic acids is 3. The SMILES string of the molecule is O=C1CC[C@H](NC(=O)c2cccc3c2CCCC3)C(=O)N1. The van der Waals surface area contributed by atoms with Gasteiger partial charge in [-0.25, -0.2) is 0 Å². The maximum absolute atomic E-state index is 12.4. The summed E-state index contributed by atoms with van der Waals surface area (Å²) in [6.07, 6.45) is 4.80. The third kappa shape index (κ3) is 2.82. The first-order chi connectivity index (χ1) is 10.1. The molecular weight excluding hydrogens is 268 g/mol. The number of amides is 3. The van der Waals surface area contributed by atoms with Gasteiger partial charge in [0.05, 0.1) is 0 Å². The van der Waals surface area contributed by atoms with Crippen molar-refractivity contribution < 1.29 is 14.4 Å². The largest absolute Gasteiger partial charge is 0.340 e. The lowest BCUT2D eigenvalue weighted by Crippen LogP contribution is -2.52. The first kappa shape index (κ1) is 13.8. The predicted octanol–water partition coefficient (Wildman–Crippen LogP) is 1.10. The van der Waals surface area contributed by atoms with Crippen molar-refractivity contribution in [3.05, 3.63) is 34.9 Å². The molecule has 1 heterocycles. The second kappa shape index (κ2) is 5.68. The second-order valence-corrected chi connectivity index (χ2v) is 5.63. The Labute approximate surface area is 123 Å². The van der Waals surface area contributed by atoms with Crippen LogP contribution < -0.4 is 10.6 Å². The number of aryl methyl sites for hydroxylation is 1. The van der Waals surface area contributed by atoms with Gasteiger partial charge in [0.15, 0.2) is 0 Å². The average Bonchev–Trinajstić information content (AvgIpc) is 2.49. The zero-order valence-corrected chi connectivity index (χ0v) is 11.8. The summed E-state index contributed by atoms with van der Waals surface area (Å²) >= 11 is 0. The number of nitrogens with one attached hydrogen (secondary N) is 2. The Hall–Kier alpha value is -2.17. The molecule has 1 atom stereocenters. The summed E-state index contributed by atoms with van der Waals surface area (Å²) in [7, 11) is 0. The van der Waals surface area contributed by atoms with E-state index in [2.05, 4.69) is 16.7 Å². The Bertz CT molecular complexity index is 610. The number of benzene rings is 1. The molecule has 0 unspecified atom stereocenters. The van der Waals surface area contributed by atoms with E-state index < -0.39 is 11.9 Å². The van der Waals surface area contributed by atoms with E-state index in [1.807, 2.05) is 12.1 Å². The van der Waals surface area contributed by atoms with Gasteiger partial charge in [-0.1, -0.05) is 12.1 Å². The molecule has 1 aromatic carbocycles. The fraction of sp³-hybridized carbons (Fsp3) is 0.438. The number of carbonyl (C=O) groups is 3. The van der Waals surface area contributed by atoms with Crippen LogP contribution in [0, 0.1) is 0 Å². The summed E-state index contributed by atoms with van der Waals surface area (Å²) in [5.74, 6) is -0.907. The molecule has 1 aromatic rings. The molecule has 0 aromatic heterocycles. The van der Waals surface area contributed by atoms with E-state index in [-0.39, 0.29) is 18.2 Å². The molecule has 0 radical (unpaired) electrons. The minimum atomic E-state index is -0.616. The molecule has 3 rings (SSSR count). The van der Waals surface area contributed by atoms with E-state index in [0.29, 0.717) is 12.0 Å². The third-order valence-corrected chi connectivity index (χ3v) is 4.19. The van der Waals surface area contributed by atoms with Crippen molar-refractivity contribution in [1.29, 1.82) is 0 Å². The van der Waals surface area contributed by atoms with Gasteiger partial charge in [0.1, 0.15) is 6.04 Å². The first-order valence-corrected chi connectivity index (χ1v) is 7.40. The van der Waals surface area contributed by atoms with E-state index >= 15 is 0 Å². The minimum absolute atomic E-state index is 0.219. The topological polar surface area (TPSA) is 75.3 Å². The lowest BCUT2D eigenvalue weighted by Gasteiger charge is -2.23. The second-order valence-electron chi connectivity index (χ2n) is 5.63. The van der Waals surface area contributed by atoms with Crippen molar-refractivity contribution in [3.8, 4) is 0 Å². The van der Waals surface area contributed by atoms with Crippen molar-refractivity contribution in [2.45, 2.75) is 44.6 Å². The highest BCUT2D eigenvalue weighted by atomic mass is 16.2.